The van der Waals surface area contributed by atoms with Gasteiger partial charge < -0.3 is 10.6 Å². The molecule has 2 saturated heterocycles. The van der Waals surface area contributed by atoms with E-state index in [1.807, 2.05) is 47.4 Å². The van der Waals surface area contributed by atoms with E-state index in [0.29, 0.717) is 5.82 Å². The summed E-state index contributed by atoms with van der Waals surface area (Å²) in [5.74, 6) is 0.608. The standard InChI is InChI=1S/C23H25N5O/c24-21-11-20(19-9-5-2-6-10-19)25-28(21)13-22(29)27-16-23(17-27)14-26(15-23)12-18-7-3-1-4-8-18/h1-11H,12-17,24H2. The van der Waals surface area contributed by atoms with Crippen LogP contribution in [-0.2, 0) is 17.9 Å². The lowest BCUT2D eigenvalue weighted by Crippen LogP contribution is -2.72. The molecule has 148 valence electrons. The molecule has 5 rings (SSSR count). The second kappa shape index (κ2) is 7.04. The van der Waals surface area contributed by atoms with Crippen molar-refractivity contribution in [2.24, 2.45) is 5.41 Å². The summed E-state index contributed by atoms with van der Waals surface area (Å²) in [6.07, 6.45) is 0. The van der Waals surface area contributed by atoms with E-state index in [9.17, 15) is 4.79 Å². The van der Waals surface area contributed by atoms with Crippen LogP contribution in [0, 0.1) is 5.41 Å². The Bertz CT molecular complexity index is 1000. The number of likely N-dealkylation sites (tertiary alicyclic amines) is 2. The average Bonchev–Trinajstić information content (AvgIpc) is 3.04. The first kappa shape index (κ1) is 17.9. The van der Waals surface area contributed by atoms with Gasteiger partial charge in [-0.15, -0.1) is 0 Å². The maximum atomic E-state index is 12.7. The molecule has 1 aromatic heterocycles. The van der Waals surface area contributed by atoms with Gasteiger partial charge in [0.25, 0.3) is 0 Å². The van der Waals surface area contributed by atoms with Crippen LogP contribution in [-0.4, -0.2) is 51.7 Å². The number of nitrogen functional groups attached to an aromatic ring is 1. The van der Waals surface area contributed by atoms with Crippen molar-refractivity contribution < 1.29 is 4.79 Å². The van der Waals surface area contributed by atoms with Crippen LogP contribution in [0.15, 0.2) is 66.7 Å². The molecule has 2 aliphatic rings. The molecule has 6 heteroatoms. The Morgan fingerprint density at radius 3 is 2.31 bits per heavy atom. The van der Waals surface area contributed by atoms with Crippen LogP contribution in [0.2, 0.25) is 0 Å². The fourth-order valence-electron chi connectivity index (χ4n) is 4.53. The number of anilines is 1. The number of nitrogens with zero attached hydrogens (tertiary/aromatic N) is 4. The third-order valence-corrected chi connectivity index (χ3v) is 5.94. The molecule has 29 heavy (non-hydrogen) atoms. The van der Waals surface area contributed by atoms with Gasteiger partial charge in [0.15, 0.2) is 0 Å². The van der Waals surface area contributed by atoms with Crippen LogP contribution in [0.1, 0.15) is 5.56 Å². The van der Waals surface area contributed by atoms with Crippen LogP contribution in [0.3, 0.4) is 0 Å². The third kappa shape index (κ3) is 3.51. The first-order valence-electron chi connectivity index (χ1n) is 10.0. The van der Waals surface area contributed by atoms with E-state index in [2.05, 4.69) is 34.3 Å². The molecule has 1 amide bonds. The Morgan fingerprint density at radius 1 is 0.966 bits per heavy atom. The second-order valence-electron chi connectivity index (χ2n) is 8.36. The Labute approximate surface area is 170 Å². The topological polar surface area (TPSA) is 67.4 Å². The van der Waals surface area contributed by atoms with Crippen molar-refractivity contribution >= 4 is 11.7 Å². The molecule has 2 fully saturated rings. The lowest BCUT2D eigenvalue weighted by Gasteiger charge is -2.60. The highest BCUT2D eigenvalue weighted by Crippen LogP contribution is 2.40. The fraction of sp³-hybridized carbons (Fsp3) is 0.304. The molecule has 0 atom stereocenters. The van der Waals surface area contributed by atoms with Crippen LogP contribution < -0.4 is 5.73 Å². The van der Waals surface area contributed by atoms with Crippen LogP contribution in [0.25, 0.3) is 11.3 Å². The first-order chi connectivity index (χ1) is 14.1. The monoisotopic (exact) mass is 387 g/mol. The Morgan fingerprint density at radius 2 is 1.62 bits per heavy atom. The van der Waals surface area contributed by atoms with Crippen LogP contribution in [0.5, 0.6) is 0 Å². The van der Waals surface area contributed by atoms with Gasteiger partial charge in [0.2, 0.25) is 5.91 Å². The summed E-state index contributed by atoms with van der Waals surface area (Å²) in [5, 5.41) is 4.53. The summed E-state index contributed by atoms with van der Waals surface area (Å²) in [6.45, 7) is 4.99. The zero-order valence-corrected chi connectivity index (χ0v) is 16.4. The number of hydrogen-bond donors (Lipinski definition) is 1. The minimum atomic E-state index is 0.0894. The maximum absolute atomic E-state index is 12.7. The number of amides is 1. The normalized spacial score (nSPS) is 17.7. The number of nitrogens with two attached hydrogens (primary N) is 1. The lowest BCUT2D eigenvalue weighted by molar-refractivity contribution is -0.160. The summed E-state index contributed by atoms with van der Waals surface area (Å²) < 4.78 is 1.61. The number of carbonyl (C=O) groups is 1. The van der Waals surface area contributed by atoms with E-state index in [-0.39, 0.29) is 17.9 Å². The van der Waals surface area contributed by atoms with Crippen molar-refractivity contribution in [1.29, 1.82) is 0 Å². The molecule has 6 nitrogen and oxygen atoms in total. The van der Waals surface area contributed by atoms with Crippen molar-refractivity contribution in [3.63, 3.8) is 0 Å². The number of carbonyl (C=O) groups excluding carboxylic acids is 1. The van der Waals surface area contributed by atoms with Gasteiger partial charge in [-0.3, -0.25) is 9.69 Å². The van der Waals surface area contributed by atoms with E-state index in [4.69, 9.17) is 5.73 Å². The summed E-state index contributed by atoms with van der Waals surface area (Å²) in [5.41, 5.74) is 9.52. The van der Waals surface area contributed by atoms with Gasteiger partial charge in [-0.05, 0) is 5.56 Å². The zero-order valence-electron chi connectivity index (χ0n) is 16.4. The van der Waals surface area contributed by atoms with Crippen molar-refractivity contribution in [1.82, 2.24) is 19.6 Å². The lowest BCUT2D eigenvalue weighted by atomic mass is 9.72. The second-order valence-corrected chi connectivity index (χ2v) is 8.36. The molecule has 3 aromatic rings. The van der Waals surface area contributed by atoms with Gasteiger partial charge in [0, 0.05) is 49.8 Å². The maximum Gasteiger partial charge on any atom is 0.244 e. The number of rotatable bonds is 5. The Kier molecular flexibility index (Phi) is 4.36. The number of aromatic nitrogens is 2. The van der Waals surface area contributed by atoms with Gasteiger partial charge in [0.1, 0.15) is 12.4 Å². The van der Waals surface area contributed by atoms with Gasteiger partial charge in [0.05, 0.1) is 5.69 Å². The Balaban J connectivity index is 1.14. The van der Waals surface area contributed by atoms with Gasteiger partial charge in [-0.1, -0.05) is 60.7 Å². The molecule has 0 aliphatic carbocycles. The highest BCUT2D eigenvalue weighted by atomic mass is 16.2. The predicted molar refractivity (Wildman–Crippen MR) is 113 cm³/mol. The van der Waals surface area contributed by atoms with Crippen LogP contribution >= 0.6 is 0 Å². The minimum absolute atomic E-state index is 0.0894. The van der Waals surface area contributed by atoms with Gasteiger partial charge in [-0.25, -0.2) is 4.68 Å². The highest BCUT2D eigenvalue weighted by Gasteiger charge is 2.52. The van der Waals surface area contributed by atoms with E-state index in [1.54, 1.807) is 4.68 Å². The molecule has 2 N–H and O–H groups in total. The molecule has 2 aromatic carbocycles. The first-order valence-corrected chi connectivity index (χ1v) is 10.0. The molecule has 0 saturated carbocycles. The molecule has 1 spiro atoms. The number of hydrogen-bond acceptors (Lipinski definition) is 4. The van der Waals surface area contributed by atoms with Crippen molar-refractivity contribution in [2.45, 2.75) is 13.1 Å². The molecular weight excluding hydrogens is 362 g/mol. The van der Waals surface area contributed by atoms with E-state index in [0.717, 1.165) is 44.0 Å². The fourth-order valence-corrected chi connectivity index (χ4v) is 4.53. The molecule has 2 aliphatic heterocycles. The molecule has 0 unspecified atom stereocenters. The minimum Gasteiger partial charge on any atom is -0.384 e. The van der Waals surface area contributed by atoms with E-state index in [1.165, 1.54) is 5.56 Å². The van der Waals surface area contributed by atoms with E-state index < -0.39 is 0 Å². The summed E-state index contributed by atoms with van der Waals surface area (Å²) in [7, 11) is 0. The van der Waals surface area contributed by atoms with Gasteiger partial charge in [-0.2, -0.15) is 5.10 Å². The summed E-state index contributed by atoms with van der Waals surface area (Å²) >= 11 is 0. The van der Waals surface area contributed by atoms with Crippen LogP contribution in [0.4, 0.5) is 5.82 Å². The summed E-state index contributed by atoms with van der Waals surface area (Å²) in [4.78, 5) is 17.1. The van der Waals surface area contributed by atoms with Crippen molar-refractivity contribution in [2.75, 3.05) is 31.9 Å². The quantitative estimate of drug-likeness (QED) is 0.730. The molecule has 3 heterocycles. The molecular formula is C23H25N5O. The highest BCUT2D eigenvalue weighted by molar-refractivity contribution is 5.78. The third-order valence-electron chi connectivity index (χ3n) is 5.94. The van der Waals surface area contributed by atoms with Crippen molar-refractivity contribution in [3.8, 4) is 11.3 Å². The average molecular weight is 387 g/mol. The predicted octanol–water partition coefficient (Wildman–Crippen LogP) is 2.48. The van der Waals surface area contributed by atoms with E-state index >= 15 is 0 Å². The molecule has 0 bridgehead atoms. The summed E-state index contributed by atoms with van der Waals surface area (Å²) in [6, 6.07) is 22.3. The SMILES string of the molecule is Nc1cc(-c2ccccc2)nn1CC(=O)N1CC2(CN(Cc3ccccc3)C2)C1. The van der Waals surface area contributed by atoms with Gasteiger partial charge >= 0.3 is 0 Å². The zero-order chi connectivity index (χ0) is 19.8. The molecule has 0 radical (unpaired) electrons. The van der Waals surface area contributed by atoms with Crippen molar-refractivity contribution in [3.05, 3.63) is 72.3 Å². The smallest absolute Gasteiger partial charge is 0.244 e. The number of benzene rings is 2. The largest absolute Gasteiger partial charge is 0.384 e. The Hall–Kier alpha value is -3.12.